The Labute approximate surface area is 72.0 Å². The van der Waals surface area contributed by atoms with E-state index >= 15 is 0 Å². The molecule has 0 atom stereocenters. The highest BCUT2D eigenvalue weighted by atomic mass is 16.3. The van der Waals surface area contributed by atoms with Crippen molar-refractivity contribution in [3.63, 3.8) is 0 Å². The molecule has 0 fully saturated rings. The molecule has 1 nitrogen and oxygen atoms in total. The van der Waals surface area contributed by atoms with Crippen molar-refractivity contribution in [2.45, 2.75) is 19.8 Å². The van der Waals surface area contributed by atoms with Crippen LogP contribution in [0.5, 0.6) is 0 Å². The van der Waals surface area contributed by atoms with Gasteiger partial charge < -0.3 is 4.42 Å². The van der Waals surface area contributed by atoms with E-state index in [1.807, 2.05) is 18.4 Å². The number of hydrogen-bond donors (Lipinski definition) is 0. The lowest BCUT2D eigenvalue weighted by molar-refractivity contribution is 0.492. The topological polar surface area (TPSA) is 13.1 Å². The smallest absolute Gasteiger partial charge is 0.114 e. The van der Waals surface area contributed by atoms with Crippen LogP contribution in [0.25, 0.3) is 10.8 Å². The highest BCUT2D eigenvalue weighted by molar-refractivity contribution is 5.84. The van der Waals surface area contributed by atoms with Gasteiger partial charge >= 0.3 is 0 Å². The van der Waals surface area contributed by atoms with Crippen LogP contribution in [0.2, 0.25) is 0 Å². The fraction of sp³-hybridized carbons (Fsp3) is 0.273. The van der Waals surface area contributed by atoms with Crippen LogP contribution in [-0.2, 0) is 0 Å². The lowest BCUT2D eigenvalue weighted by atomic mass is 10.1. The second kappa shape index (κ2) is 2.67. The van der Waals surface area contributed by atoms with Crippen molar-refractivity contribution in [3.05, 3.63) is 36.3 Å². The van der Waals surface area contributed by atoms with Gasteiger partial charge in [-0.15, -0.1) is 0 Å². The van der Waals surface area contributed by atoms with Gasteiger partial charge in [0, 0.05) is 16.7 Å². The van der Waals surface area contributed by atoms with Crippen molar-refractivity contribution in [2.24, 2.45) is 0 Å². The Kier molecular flexibility index (Phi) is 1.65. The van der Waals surface area contributed by atoms with Gasteiger partial charge in [0.05, 0.1) is 6.26 Å². The summed E-state index contributed by atoms with van der Waals surface area (Å²) < 4.78 is 5.48. The average Bonchev–Trinajstić information content (AvgIpc) is 2.47. The molecule has 0 aliphatic rings. The summed E-state index contributed by atoms with van der Waals surface area (Å²) in [4.78, 5) is 0. The van der Waals surface area contributed by atoms with E-state index in [1.165, 1.54) is 10.8 Å². The summed E-state index contributed by atoms with van der Waals surface area (Å²) in [5, 5.41) is 2.44. The van der Waals surface area contributed by atoms with E-state index in [-0.39, 0.29) is 0 Å². The molecule has 0 spiro atoms. The van der Waals surface area contributed by atoms with Crippen LogP contribution < -0.4 is 0 Å². The summed E-state index contributed by atoms with van der Waals surface area (Å²) in [7, 11) is 0. The van der Waals surface area contributed by atoms with Crippen molar-refractivity contribution in [1.82, 2.24) is 0 Å². The first kappa shape index (κ1) is 7.41. The third kappa shape index (κ3) is 1.02. The first-order valence-electron chi connectivity index (χ1n) is 4.25. The van der Waals surface area contributed by atoms with Crippen molar-refractivity contribution < 1.29 is 4.42 Å². The summed E-state index contributed by atoms with van der Waals surface area (Å²) in [5.74, 6) is 1.55. The minimum Gasteiger partial charge on any atom is -0.468 e. The summed E-state index contributed by atoms with van der Waals surface area (Å²) in [6, 6.07) is 8.25. The first-order chi connectivity index (χ1) is 5.79. The fourth-order valence-corrected chi connectivity index (χ4v) is 1.46. The highest BCUT2D eigenvalue weighted by Gasteiger charge is 2.07. The number of rotatable bonds is 1. The van der Waals surface area contributed by atoms with E-state index in [0.29, 0.717) is 5.92 Å². The first-order valence-corrected chi connectivity index (χ1v) is 4.25. The molecule has 0 aliphatic heterocycles. The lowest BCUT2D eigenvalue weighted by Crippen LogP contribution is -1.82. The van der Waals surface area contributed by atoms with Gasteiger partial charge in [0.2, 0.25) is 0 Å². The molecule has 1 heteroatoms. The predicted molar refractivity (Wildman–Crippen MR) is 50.3 cm³/mol. The molecule has 0 unspecified atom stereocenters. The zero-order chi connectivity index (χ0) is 8.55. The Morgan fingerprint density at radius 1 is 1.17 bits per heavy atom. The third-order valence-electron chi connectivity index (χ3n) is 2.06. The highest BCUT2D eigenvalue weighted by Crippen LogP contribution is 2.26. The summed E-state index contributed by atoms with van der Waals surface area (Å²) in [5.41, 5.74) is 0. The molecule has 0 bridgehead atoms. The Morgan fingerprint density at radius 3 is 2.67 bits per heavy atom. The Hall–Kier alpha value is -1.24. The van der Waals surface area contributed by atoms with E-state index in [4.69, 9.17) is 4.42 Å². The molecule has 0 saturated carbocycles. The van der Waals surface area contributed by atoms with Crippen molar-refractivity contribution in [2.75, 3.05) is 0 Å². The number of furan rings is 1. The standard InChI is InChI=1S/C11H12O/c1-8(2)11-10-6-4-3-5-9(10)7-12-11/h3-8H,1-2H3. The van der Waals surface area contributed by atoms with Gasteiger partial charge in [0.25, 0.3) is 0 Å². The number of fused-ring (bicyclic) bond motifs is 1. The van der Waals surface area contributed by atoms with Crippen LogP contribution in [0.4, 0.5) is 0 Å². The van der Waals surface area contributed by atoms with Crippen LogP contribution >= 0.6 is 0 Å². The molecule has 0 N–H and O–H groups in total. The molecule has 1 aromatic carbocycles. The van der Waals surface area contributed by atoms with Gasteiger partial charge in [-0.25, -0.2) is 0 Å². The maximum Gasteiger partial charge on any atom is 0.114 e. The summed E-state index contributed by atoms with van der Waals surface area (Å²) in [6.07, 6.45) is 1.82. The molecule has 0 radical (unpaired) electrons. The zero-order valence-electron chi connectivity index (χ0n) is 7.37. The molecule has 1 aromatic heterocycles. The largest absolute Gasteiger partial charge is 0.468 e. The van der Waals surface area contributed by atoms with Gasteiger partial charge in [-0.05, 0) is 0 Å². The Bertz CT molecular complexity index is 385. The van der Waals surface area contributed by atoms with Crippen LogP contribution in [0.15, 0.2) is 34.9 Å². The minimum absolute atomic E-state index is 0.463. The number of hydrogen-bond acceptors (Lipinski definition) is 1. The predicted octanol–water partition coefficient (Wildman–Crippen LogP) is 3.56. The molecule has 0 aliphatic carbocycles. The van der Waals surface area contributed by atoms with Gasteiger partial charge in [-0.1, -0.05) is 38.1 Å². The molecule has 2 rings (SSSR count). The SMILES string of the molecule is CC(C)c1occ2ccccc12. The molecule has 62 valence electrons. The molecular weight excluding hydrogens is 148 g/mol. The van der Waals surface area contributed by atoms with Crippen LogP contribution in [-0.4, -0.2) is 0 Å². The van der Waals surface area contributed by atoms with Gasteiger partial charge in [0.15, 0.2) is 0 Å². The van der Waals surface area contributed by atoms with Crippen molar-refractivity contribution in [3.8, 4) is 0 Å². The normalized spacial score (nSPS) is 11.2. The summed E-state index contributed by atoms with van der Waals surface area (Å²) in [6.45, 7) is 4.29. The Morgan fingerprint density at radius 2 is 1.92 bits per heavy atom. The lowest BCUT2D eigenvalue weighted by Gasteiger charge is -1.99. The van der Waals surface area contributed by atoms with Gasteiger partial charge in [-0.3, -0.25) is 0 Å². The van der Waals surface area contributed by atoms with Gasteiger partial charge in [0.1, 0.15) is 5.76 Å². The quantitative estimate of drug-likeness (QED) is 0.621. The third-order valence-corrected chi connectivity index (χ3v) is 2.06. The molecule has 12 heavy (non-hydrogen) atoms. The van der Waals surface area contributed by atoms with E-state index in [9.17, 15) is 0 Å². The van der Waals surface area contributed by atoms with Crippen molar-refractivity contribution in [1.29, 1.82) is 0 Å². The molecule has 0 saturated heterocycles. The maximum atomic E-state index is 5.48. The average molecular weight is 160 g/mol. The Balaban J connectivity index is 2.70. The van der Waals surface area contributed by atoms with E-state index < -0.39 is 0 Å². The van der Waals surface area contributed by atoms with Crippen LogP contribution in [0.1, 0.15) is 25.5 Å². The minimum atomic E-state index is 0.463. The molecule has 2 aromatic rings. The van der Waals surface area contributed by atoms with E-state index in [2.05, 4.69) is 26.0 Å². The molecule has 0 amide bonds. The number of benzene rings is 1. The summed E-state index contributed by atoms with van der Waals surface area (Å²) >= 11 is 0. The van der Waals surface area contributed by atoms with Gasteiger partial charge in [-0.2, -0.15) is 0 Å². The molecule has 1 heterocycles. The second-order valence-electron chi connectivity index (χ2n) is 3.34. The fourth-order valence-electron chi connectivity index (χ4n) is 1.46. The van der Waals surface area contributed by atoms with E-state index in [1.54, 1.807) is 0 Å². The monoisotopic (exact) mass is 160 g/mol. The van der Waals surface area contributed by atoms with Crippen LogP contribution in [0, 0.1) is 0 Å². The van der Waals surface area contributed by atoms with Crippen LogP contribution in [0.3, 0.4) is 0 Å². The second-order valence-corrected chi connectivity index (χ2v) is 3.34. The van der Waals surface area contributed by atoms with E-state index in [0.717, 1.165) is 5.76 Å². The molecular formula is C11H12O. The maximum absolute atomic E-state index is 5.48. The zero-order valence-corrected chi connectivity index (χ0v) is 7.37. The van der Waals surface area contributed by atoms with Crippen molar-refractivity contribution >= 4 is 10.8 Å².